The van der Waals surface area contributed by atoms with E-state index in [1.54, 1.807) is 25.1 Å². The van der Waals surface area contributed by atoms with Crippen LogP contribution in [0.25, 0.3) is 0 Å². The van der Waals surface area contributed by atoms with E-state index in [0.29, 0.717) is 25.2 Å². The number of β-amino-alcohol motifs (C(OH)–C–C–N with tert-alkyl or cyclic N) is 1. The minimum Gasteiger partial charge on any atom is -0.484 e. The Labute approximate surface area is 124 Å². The normalized spacial score (nSPS) is 22.4. The van der Waals surface area contributed by atoms with Gasteiger partial charge in [-0.1, -0.05) is 6.07 Å². The first kappa shape index (κ1) is 15.6. The minimum absolute atomic E-state index is 0.0242. The zero-order valence-electron chi connectivity index (χ0n) is 12.7. The van der Waals surface area contributed by atoms with Gasteiger partial charge in [0.05, 0.1) is 16.6 Å². The third kappa shape index (κ3) is 3.64. The summed E-state index contributed by atoms with van der Waals surface area (Å²) in [5.74, 6) is 0.276. The minimum atomic E-state index is -0.818. The van der Waals surface area contributed by atoms with Gasteiger partial charge >= 0.3 is 5.69 Å². The van der Waals surface area contributed by atoms with Gasteiger partial charge in [0.25, 0.3) is 0 Å². The van der Waals surface area contributed by atoms with Crippen LogP contribution in [-0.2, 0) is 0 Å². The molecule has 1 atom stereocenters. The fraction of sp³-hybridized carbons (Fsp3) is 0.600. The van der Waals surface area contributed by atoms with Crippen LogP contribution in [0.15, 0.2) is 18.2 Å². The highest BCUT2D eigenvalue weighted by molar-refractivity contribution is 5.70. The molecule has 1 aromatic rings. The highest BCUT2D eigenvalue weighted by Gasteiger charge is 2.33. The van der Waals surface area contributed by atoms with E-state index >= 15 is 0 Å². The zero-order chi connectivity index (χ0) is 15.6. The average Bonchev–Trinajstić information content (AvgIpc) is 2.36. The van der Waals surface area contributed by atoms with Crippen LogP contribution in [0, 0.1) is 10.1 Å². The molecule has 6 heteroatoms. The molecule has 1 heterocycles. The maximum atomic E-state index is 11.5. The van der Waals surface area contributed by atoms with Crippen molar-refractivity contribution in [1.82, 2.24) is 0 Å². The largest absolute Gasteiger partial charge is 0.484 e. The standard InChI is InChI=1S/C15H22N2O4/c1-11(2)21-13-7-4-6-12(14(13)17(19)20)16-9-5-8-15(3,18)10-16/h4,6-7,11,18H,5,8-10H2,1-3H3. The molecule has 2 rings (SSSR count). The number of ether oxygens (including phenoxy) is 1. The molecule has 0 bridgehead atoms. The van der Waals surface area contributed by atoms with Gasteiger partial charge in [-0.3, -0.25) is 10.1 Å². The molecule has 0 aromatic heterocycles. The van der Waals surface area contributed by atoms with Crippen LogP contribution in [0.1, 0.15) is 33.6 Å². The first-order chi connectivity index (χ1) is 9.80. The van der Waals surface area contributed by atoms with E-state index in [9.17, 15) is 15.2 Å². The summed E-state index contributed by atoms with van der Waals surface area (Å²) in [6.45, 7) is 6.52. The van der Waals surface area contributed by atoms with E-state index in [1.807, 2.05) is 18.7 Å². The average molecular weight is 294 g/mol. The molecule has 0 radical (unpaired) electrons. The lowest BCUT2D eigenvalue weighted by molar-refractivity contribution is -0.385. The molecule has 116 valence electrons. The number of aliphatic hydroxyl groups is 1. The number of piperidine rings is 1. The van der Waals surface area contributed by atoms with E-state index in [4.69, 9.17) is 4.74 Å². The Bertz CT molecular complexity index is 528. The van der Waals surface area contributed by atoms with Gasteiger partial charge in [-0.25, -0.2) is 0 Å². The quantitative estimate of drug-likeness (QED) is 0.682. The molecule has 1 N–H and O–H groups in total. The highest BCUT2D eigenvalue weighted by Crippen LogP contribution is 2.39. The smallest absolute Gasteiger partial charge is 0.333 e. The van der Waals surface area contributed by atoms with Crippen LogP contribution < -0.4 is 9.64 Å². The van der Waals surface area contributed by atoms with Crippen molar-refractivity contribution in [3.05, 3.63) is 28.3 Å². The van der Waals surface area contributed by atoms with Crippen molar-refractivity contribution in [2.75, 3.05) is 18.0 Å². The molecule has 1 unspecified atom stereocenters. The molecular formula is C15H22N2O4. The van der Waals surface area contributed by atoms with Crippen LogP contribution in [0.2, 0.25) is 0 Å². The molecule has 0 amide bonds. The molecule has 0 spiro atoms. The van der Waals surface area contributed by atoms with Gasteiger partial charge in [0.2, 0.25) is 0 Å². The second-order valence-electron chi connectivity index (χ2n) is 6.07. The summed E-state index contributed by atoms with van der Waals surface area (Å²) in [7, 11) is 0. The molecule has 1 aromatic carbocycles. The third-order valence-corrected chi connectivity index (χ3v) is 3.54. The van der Waals surface area contributed by atoms with E-state index < -0.39 is 10.5 Å². The van der Waals surface area contributed by atoms with Gasteiger partial charge in [0, 0.05) is 13.1 Å². The fourth-order valence-electron chi connectivity index (χ4n) is 2.72. The molecule has 1 saturated heterocycles. The lowest BCUT2D eigenvalue weighted by atomic mass is 9.94. The molecule has 0 aliphatic carbocycles. The summed E-state index contributed by atoms with van der Waals surface area (Å²) >= 11 is 0. The summed E-state index contributed by atoms with van der Waals surface area (Å²) in [5.41, 5.74) is -0.330. The van der Waals surface area contributed by atoms with E-state index in [2.05, 4.69) is 0 Å². The lowest BCUT2D eigenvalue weighted by Gasteiger charge is -2.38. The summed E-state index contributed by atoms with van der Waals surface area (Å²) in [6.07, 6.45) is 1.38. The van der Waals surface area contributed by atoms with Gasteiger partial charge in [0.1, 0.15) is 5.69 Å². The van der Waals surface area contributed by atoms with Gasteiger partial charge < -0.3 is 14.7 Å². The predicted molar refractivity (Wildman–Crippen MR) is 80.9 cm³/mol. The van der Waals surface area contributed by atoms with Crippen molar-refractivity contribution < 1.29 is 14.8 Å². The number of nitrogens with zero attached hydrogens (tertiary/aromatic N) is 2. The Morgan fingerprint density at radius 1 is 1.48 bits per heavy atom. The monoisotopic (exact) mass is 294 g/mol. The van der Waals surface area contributed by atoms with Gasteiger partial charge in [0.15, 0.2) is 5.75 Å². The Kier molecular flexibility index (Phi) is 4.37. The number of anilines is 1. The van der Waals surface area contributed by atoms with E-state index in [1.165, 1.54) is 0 Å². The molecule has 1 fully saturated rings. The van der Waals surface area contributed by atoms with E-state index in [0.717, 1.165) is 6.42 Å². The van der Waals surface area contributed by atoms with Crippen molar-refractivity contribution in [2.24, 2.45) is 0 Å². The lowest BCUT2D eigenvalue weighted by Crippen LogP contribution is -2.46. The van der Waals surface area contributed by atoms with Gasteiger partial charge in [-0.05, 0) is 45.7 Å². The van der Waals surface area contributed by atoms with E-state index in [-0.39, 0.29) is 17.5 Å². The number of hydrogen-bond acceptors (Lipinski definition) is 5. The third-order valence-electron chi connectivity index (χ3n) is 3.54. The fourth-order valence-corrected chi connectivity index (χ4v) is 2.72. The number of benzene rings is 1. The summed E-state index contributed by atoms with van der Waals surface area (Å²) in [5, 5.41) is 21.7. The molecule has 1 aliphatic rings. The van der Waals surface area contributed by atoms with Crippen LogP contribution in [0.5, 0.6) is 5.75 Å². The summed E-state index contributed by atoms with van der Waals surface area (Å²) in [4.78, 5) is 12.9. The SMILES string of the molecule is CC(C)Oc1cccc(N2CCCC(C)(O)C2)c1[N+](=O)[O-]. The molecule has 0 saturated carbocycles. The van der Waals surface area contributed by atoms with Crippen molar-refractivity contribution >= 4 is 11.4 Å². The van der Waals surface area contributed by atoms with Crippen molar-refractivity contribution in [3.63, 3.8) is 0 Å². The summed E-state index contributed by atoms with van der Waals surface area (Å²) in [6, 6.07) is 5.08. The van der Waals surface area contributed by atoms with Crippen LogP contribution in [-0.4, -0.2) is 34.8 Å². The van der Waals surface area contributed by atoms with Crippen LogP contribution in [0.4, 0.5) is 11.4 Å². The van der Waals surface area contributed by atoms with Gasteiger partial charge in [-0.15, -0.1) is 0 Å². The summed E-state index contributed by atoms with van der Waals surface area (Å²) < 4.78 is 5.56. The highest BCUT2D eigenvalue weighted by atomic mass is 16.6. The second-order valence-corrected chi connectivity index (χ2v) is 6.07. The maximum absolute atomic E-state index is 11.5. The number of para-hydroxylation sites is 1. The molecular weight excluding hydrogens is 272 g/mol. The Morgan fingerprint density at radius 3 is 2.76 bits per heavy atom. The molecule has 6 nitrogen and oxygen atoms in total. The first-order valence-corrected chi connectivity index (χ1v) is 7.21. The van der Waals surface area contributed by atoms with Crippen molar-refractivity contribution in [3.8, 4) is 5.75 Å². The Hall–Kier alpha value is -1.82. The first-order valence-electron chi connectivity index (χ1n) is 7.21. The number of hydrogen-bond donors (Lipinski definition) is 1. The number of rotatable bonds is 4. The Morgan fingerprint density at radius 2 is 2.19 bits per heavy atom. The van der Waals surface area contributed by atoms with Crippen molar-refractivity contribution in [2.45, 2.75) is 45.3 Å². The molecule has 21 heavy (non-hydrogen) atoms. The zero-order valence-corrected chi connectivity index (χ0v) is 12.7. The second kappa shape index (κ2) is 5.89. The maximum Gasteiger partial charge on any atom is 0.333 e. The molecule has 1 aliphatic heterocycles. The Balaban J connectivity index is 2.40. The number of nitro benzene ring substituents is 1. The van der Waals surface area contributed by atoms with Crippen LogP contribution in [0.3, 0.4) is 0 Å². The topological polar surface area (TPSA) is 75.8 Å². The van der Waals surface area contributed by atoms with Gasteiger partial charge in [-0.2, -0.15) is 0 Å². The van der Waals surface area contributed by atoms with Crippen LogP contribution >= 0.6 is 0 Å². The van der Waals surface area contributed by atoms with Crippen molar-refractivity contribution in [1.29, 1.82) is 0 Å². The predicted octanol–water partition coefficient (Wildman–Crippen LogP) is 2.73. The number of nitro groups is 1.